The topological polar surface area (TPSA) is 127 Å². The van der Waals surface area contributed by atoms with Crippen LogP contribution in [0, 0.1) is 5.82 Å². The first kappa shape index (κ1) is 22.3. The average Bonchev–Trinajstić information content (AvgIpc) is 2.94. The van der Waals surface area contributed by atoms with Gasteiger partial charge in [-0.25, -0.2) is 9.18 Å². The Morgan fingerprint density at radius 1 is 0.969 bits per heavy atom. The minimum Gasteiger partial charge on any atom is -0.478 e. The summed E-state index contributed by atoms with van der Waals surface area (Å²) in [4.78, 5) is 11.9. The van der Waals surface area contributed by atoms with Gasteiger partial charge in [0.2, 0.25) is 0 Å². The SMILES string of the molecule is O=C(O)c1c(Cc2ccc(F)c([C@@H]3O[C@H](CO)[C@@H](O)[C@H](O)[C@H]3O)c2)cc2cccccc1-2. The third-order valence-corrected chi connectivity index (χ3v) is 5.86. The van der Waals surface area contributed by atoms with Gasteiger partial charge in [0.1, 0.15) is 36.3 Å². The van der Waals surface area contributed by atoms with Crippen LogP contribution in [0.15, 0.2) is 54.6 Å². The second-order valence-corrected chi connectivity index (χ2v) is 7.91. The van der Waals surface area contributed by atoms with E-state index >= 15 is 0 Å². The average molecular weight is 442 g/mol. The number of aromatic carboxylic acids is 1. The lowest BCUT2D eigenvalue weighted by Crippen LogP contribution is -2.55. The van der Waals surface area contributed by atoms with E-state index in [1.807, 2.05) is 12.1 Å². The van der Waals surface area contributed by atoms with E-state index in [0.29, 0.717) is 16.7 Å². The van der Waals surface area contributed by atoms with Crippen LogP contribution in [0.5, 0.6) is 0 Å². The molecule has 1 fully saturated rings. The number of hydrogen-bond acceptors (Lipinski definition) is 6. The number of halogens is 1. The number of ether oxygens (including phenoxy) is 1. The molecule has 1 aromatic carbocycles. The molecule has 168 valence electrons. The Bertz CT molecular complexity index is 1100. The van der Waals surface area contributed by atoms with Gasteiger partial charge in [0.15, 0.2) is 0 Å². The molecule has 1 aromatic rings. The Labute approximate surface area is 183 Å². The first-order chi connectivity index (χ1) is 15.3. The highest BCUT2D eigenvalue weighted by molar-refractivity contribution is 5.99. The van der Waals surface area contributed by atoms with Gasteiger partial charge in [0.25, 0.3) is 0 Å². The first-order valence-corrected chi connectivity index (χ1v) is 10.1. The van der Waals surface area contributed by atoms with E-state index in [1.165, 1.54) is 18.2 Å². The van der Waals surface area contributed by atoms with Crippen LogP contribution >= 0.6 is 0 Å². The fourth-order valence-corrected chi connectivity index (χ4v) is 4.24. The molecule has 0 aromatic heterocycles. The van der Waals surface area contributed by atoms with Crippen molar-refractivity contribution in [2.75, 3.05) is 6.61 Å². The molecule has 3 aliphatic rings. The van der Waals surface area contributed by atoms with E-state index in [2.05, 4.69) is 0 Å². The van der Waals surface area contributed by atoms with Crippen molar-refractivity contribution in [1.29, 1.82) is 0 Å². The number of aliphatic hydroxyl groups is 4. The fraction of sp³-hybridized carbons (Fsp3) is 0.292. The summed E-state index contributed by atoms with van der Waals surface area (Å²) in [7, 11) is 0. The van der Waals surface area contributed by atoms with Gasteiger partial charge >= 0.3 is 5.97 Å². The molecule has 1 heterocycles. The zero-order valence-electron chi connectivity index (χ0n) is 16.9. The number of fused-ring (bicyclic) bond motifs is 1. The van der Waals surface area contributed by atoms with Crippen molar-refractivity contribution in [3.8, 4) is 11.1 Å². The highest BCUT2D eigenvalue weighted by atomic mass is 19.1. The molecule has 5 N–H and O–H groups in total. The lowest BCUT2D eigenvalue weighted by molar-refractivity contribution is -0.232. The molecule has 0 spiro atoms. The van der Waals surface area contributed by atoms with E-state index in [1.54, 1.807) is 24.3 Å². The van der Waals surface area contributed by atoms with E-state index in [9.17, 15) is 34.7 Å². The van der Waals surface area contributed by atoms with Crippen molar-refractivity contribution in [3.05, 3.63) is 82.7 Å². The Kier molecular flexibility index (Phi) is 6.23. The molecule has 0 radical (unpaired) electrons. The van der Waals surface area contributed by atoms with Crippen LogP contribution in [-0.2, 0) is 11.2 Å². The zero-order valence-corrected chi connectivity index (χ0v) is 16.9. The highest BCUT2D eigenvalue weighted by Crippen LogP contribution is 2.36. The first-order valence-electron chi connectivity index (χ1n) is 10.1. The molecule has 0 bridgehead atoms. The van der Waals surface area contributed by atoms with Crippen LogP contribution in [0.3, 0.4) is 0 Å². The summed E-state index contributed by atoms with van der Waals surface area (Å²) in [6.45, 7) is -0.623. The van der Waals surface area contributed by atoms with Gasteiger partial charge in [0.05, 0.1) is 12.2 Å². The van der Waals surface area contributed by atoms with Crippen molar-refractivity contribution >= 4 is 5.97 Å². The maximum absolute atomic E-state index is 14.6. The van der Waals surface area contributed by atoms with Crippen molar-refractivity contribution < 1.29 is 39.5 Å². The molecule has 0 amide bonds. The predicted octanol–water partition coefficient (Wildman–Crippen LogP) is 1.73. The van der Waals surface area contributed by atoms with Crippen LogP contribution in [0.1, 0.15) is 33.2 Å². The summed E-state index contributed by atoms with van der Waals surface area (Å²) in [6, 6.07) is 14.8. The molecule has 1 aliphatic heterocycles. The lowest BCUT2D eigenvalue weighted by Gasteiger charge is -2.40. The summed E-state index contributed by atoms with van der Waals surface area (Å²) in [5, 5.41) is 49.5. The molecule has 7 nitrogen and oxygen atoms in total. The second-order valence-electron chi connectivity index (χ2n) is 7.91. The van der Waals surface area contributed by atoms with E-state index in [4.69, 9.17) is 4.74 Å². The second kappa shape index (κ2) is 8.93. The molecule has 0 saturated carbocycles. The van der Waals surface area contributed by atoms with Crippen molar-refractivity contribution in [1.82, 2.24) is 0 Å². The van der Waals surface area contributed by atoms with Crippen LogP contribution in [0.4, 0.5) is 4.39 Å². The van der Waals surface area contributed by atoms with Crippen LogP contribution in [-0.4, -0.2) is 62.5 Å². The molecule has 0 unspecified atom stereocenters. The molecule has 1 saturated heterocycles. The Morgan fingerprint density at radius 2 is 1.72 bits per heavy atom. The molecule has 4 rings (SSSR count). The Balaban J connectivity index is 1.71. The minimum atomic E-state index is -1.63. The molecule has 2 aliphatic carbocycles. The van der Waals surface area contributed by atoms with Crippen LogP contribution in [0.2, 0.25) is 0 Å². The summed E-state index contributed by atoms with van der Waals surface area (Å²) in [5.41, 5.74) is 2.58. The number of aliphatic hydroxyl groups excluding tert-OH is 4. The molecule has 5 atom stereocenters. The number of hydrogen-bond donors (Lipinski definition) is 5. The van der Waals surface area contributed by atoms with E-state index < -0.39 is 48.9 Å². The van der Waals surface area contributed by atoms with Gasteiger partial charge in [-0.3, -0.25) is 0 Å². The van der Waals surface area contributed by atoms with Crippen molar-refractivity contribution in [2.24, 2.45) is 0 Å². The van der Waals surface area contributed by atoms with Gasteiger partial charge in [0, 0.05) is 5.56 Å². The summed E-state index contributed by atoms with van der Waals surface area (Å²) < 4.78 is 20.1. The minimum absolute atomic E-state index is 0.0567. The number of carboxylic acid groups (broad SMARTS) is 1. The molecule has 8 heteroatoms. The number of carboxylic acids is 1. The van der Waals surface area contributed by atoms with Gasteiger partial charge < -0.3 is 30.3 Å². The smallest absolute Gasteiger partial charge is 0.336 e. The number of carbonyl (C=O) groups is 1. The largest absolute Gasteiger partial charge is 0.478 e. The summed E-state index contributed by atoms with van der Waals surface area (Å²) in [6.07, 6.45) is -7.09. The predicted molar refractivity (Wildman–Crippen MR) is 112 cm³/mol. The van der Waals surface area contributed by atoms with Crippen LogP contribution in [0.25, 0.3) is 11.1 Å². The molecule has 32 heavy (non-hydrogen) atoms. The number of rotatable bonds is 5. The third-order valence-electron chi connectivity index (χ3n) is 5.86. The highest BCUT2D eigenvalue weighted by Gasteiger charge is 2.44. The van der Waals surface area contributed by atoms with E-state index in [0.717, 1.165) is 5.56 Å². The standard InChI is InChI=1S/C24H23FO7/c25-17-7-6-12(9-16(17)23-22(29)21(28)20(27)18(11-26)32-23)8-14-10-13-4-2-1-3-5-15(13)19(14)24(30)31/h1-7,9-10,18,20-23,26-29H,8,11H2,(H,30,31)/t18-,20-,21+,22-,23+/m1/s1. The zero-order chi connectivity index (χ0) is 23.0. The maximum Gasteiger partial charge on any atom is 0.336 e. The lowest BCUT2D eigenvalue weighted by atomic mass is 9.89. The fourth-order valence-electron chi connectivity index (χ4n) is 4.24. The van der Waals surface area contributed by atoms with Crippen molar-refractivity contribution in [3.63, 3.8) is 0 Å². The molecular formula is C24H23FO7. The monoisotopic (exact) mass is 442 g/mol. The summed E-state index contributed by atoms with van der Waals surface area (Å²) >= 11 is 0. The third kappa shape index (κ3) is 3.99. The van der Waals surface area contributed by atoms with Crippen LogP contribution < -0.4 is 0 Å². The normalized spacial score (nSPS) is 25.7. The molecular weight excluding hydrogens is 419 g/mol. The van der Waals surface area contributed by atoms with E-state index in [-0.39, 0.29) is 17.5 Å². The maximum atomic E-state index is 14.6. The van der Waals surface area contributed by atoms with Crippen molar-refractivity contribution in [2.45, 2.75) is 36.9 Å². The summed E-state index contributed by atoms with van der Waals surface area (Å²) in [5.74, 6) is -1.77. The van der Waals surface area contributed by atoms with Gasteiger partial charge in [-0.1, -0.05) is 36.4 Å². The van der Waals surface area contributed by atoms with Gasteiger partial charge in [-0.05, 0) is 46.9 Å². The number of benzene rings is 1. The Morgan fingerprint density at radius 3 is 2.44 bits per heavy atom. The van der Waals surface area contributed by atoms with Gasteiger partial charge in [-0.2, -0.15) is 0 Å². The van der Waals surface area contributed by atoms with Gasteiger partial charge in [-0.15, -0.1) is 0 Å². The quantitative estimate of drug-likeness (QED) is 0.407. The Hall–Kier alpha value is -2.88.